The van der Waals surface area contributed by atoms with Crippen LogP contribution in [0.4, 0.5) is 5.69 Å². The van der Waals surface area contributed by atoms with Gasteiger partial charge in [-0.15, -0.1) is 0 Å². The quantitative estimate of drug-likeness (QED) is 0.776. The van der Waals surface area contributed by atoms with Crippen molar-refractivity contribution < 1.29 is 4.79 Å². The van der Waals surface area contributed by atoms with Crippen molar-refractivity contribution in [2.75, 3.05) is 5.73 Å². The molecule has 1 heterocycles. The first kappa shape index (κ1) is 11.1. The van der Waals surface area contributed by atoms with E-state index in [1.807, 2.05) is 18.2 Å². The summed E-state index contributed by atoms with van der Waals surface area (Å²) in [7, 11) is 0. The molecule has 86 valence electrons. The van der Waals surface area contributed by atoms with Crippen LogP contribution in [0, 0.1) is 0 Å². The summed E-state index contributed by atoms with van der Waals surface area (Å²) in [6.07, 6.45) is 4.11. The van der Waals surface area contributed by atoms with E-state index in [4.69, 9.17) is 11.5 Å². The van der Waals surface area contributed by atoms with Gasteiger partial charge in [-0.2, -0.15) is 0 Å². The van der Waals surface area contributed by atoms with E-state index in [1.165, 1.54) is 0 Å². The van der Waals surface area contributed by atoms with Crippen LogP contribution in [0.25, 0.3) is 0 Å². The molecule has 4 heteroatoms. The molecule has 17 heavy (non-hydrogen) atoms. The number of pyridine rings is 1. The van der Waals surface area contributed by atoms with Gasteiger partial charge in [0, 0.05) is 18.1 Å². The fourth-order valence-electron chi connectivity index (χ4n) is 1.70. The third-order valence-corrected chi connectivity index (χ3v) is 2.61. The molecule has 2 rings (SSSR count). The Morgan fingerprint density at radius 3 is 2.53 bits per heavy atom. The molecule has 0 atom stereocenters. The van der Waals surface area contributed by atoms with Crippen molar-refractivity contribution in [2.45, 2.75) is 6.42 Å². The molecule has 0 unspecified atom stereocenters. The standard InChI is InChI=1S/C13H13N3O/c14-12-10(2-1-3-11(12)13(15)17)8-9-4-6-16-7-5-9/h1-7H,8,14H2,(H2,15,17). The monoisotopic (exact) mass is 227 g/mol. The van der Waals surface area contributed by atoms with Gasteiger partial charge >= 0.3 is 0 Å². The van der Waals surface area contributed by atoms with Crippen LogP contribution in [0.5, 0.6) is 0 Å². The average molecular weight is 227 g/mol. The van der Waals surface area contributed by atoms with Gasteiger partial charge in [0.1, 0.15) is 0 Å². The summed E-state index contributed by atoms with van der Waals surface area (Å²) in [5, 5.41) is 0. The lowest BCUT2D eigenvalue weighted by atomic mass is 10.0. The molecule has 0 fully saturated rings. The van der Waals surface area contributed by atoms with E-state index in [-0.39, 0.29) is 0 Å². The van der Waals surface area contributed by atoms with E-state index in [1.54, 1.807) is 24.5 Å². The molecule has 1 aromatic heterocycles. The smallest absolute Gasteiger partial charge is 0.250 e. The zero-order valence-electron chi connectivity index (χ0n) is 9.26. The highest BCUT2D eigenvalue weighted by Crippen LogP contribution is 2.20. The molecule has 1 amide bonds. The number of para-hydroxylation sites is 1. The van der Waals surface area contributed by atoms with Crippen molar-refractivity contribution in [3.05, 3.63) is 59.4 Å². The van der Waals surface area contributed by atoms with Crippen LogP contribution >= 0.6 is 0 Å². The molecule has 0 saturated carbocycles. The van der Waals surface area contributed by atoms with E-state index >= 15 is 0 Å². The van der Waals surface area contributed by atoms with E-state index in [9.17, 15) is 4.79 Å². The second-order valence-electron chi connectivity index (χ2n) is 3.77. The van der Waals surface area contributed by atoms with Crippen LogP contribution in [0.3, 0.4) is 0 Å². The number of hydrogen-bond donors (Lipinski definition) is 2. The average Bonchev–Trinajstić information content (AvgIpc) is 2.33. The van der Waals surface area contributed by atoms with Gasteiger partial charge in [-0.25, -0.2) is 0 Å². The molecule has 0 aliphatic carbocycles. The molecular formula is C13H13N3O. The van der Waals surface area contributed by atoms with Crippen molar-refractivity contribution >= 4 is 11.6 Å². The lowest BCUT2D eigenvalue weighted by Crippen LogP contribution is -2.14. The molecule has 4 N–H and O–H groups in total. The molecule has 0 aliphatic rings. The third-order valence-electron chi connectivity index (χ3n) is 2.61. The maximum atomic E-state index is 11.2. The van der Waals surface area contributed by atoms with Gasteiger partial charge in [-0.1, -0.05) is 12.1 Å². The number of aromatic nitrogens is 1. The van der Waals surface area contributed by atoms with Gasteiger partial charge in [0.2, 0.25) is 0 Å². The van der Waals surface area contributed by atoms with Gasteiger partial charge in [0.25, 0.3) is 5.91 Å². The predicted octanol–water partition coefficient (Wildman–Crippen LogP) is 1.35. The Bertz CT molecular complexity index is 538. The van der Waals surface area contributed by atoms with E-state index < -0.39 is 5.91 Å². The number of nitrogen functional groups attached to an aromatic ring is 1. The zero-order valence-corrected chi connectivity index (χ0v) is 9.26. The summed E-state index contributed by atoms with van der Waals surface area (Å²) in [5.74, 6) is -0.501. The number of rotatable bonds is 3. The van der Waals surface area contributed by atoms with Crippen LogP contribution in [-0.4, -0.2) is 10.9 Å². The summed E-state index contributed by atoms with van der Waals surface area (Å²) in [4.78, 5) is 15.1. The number of amides is 1. The zero-order chi connectivity index (χ0) is 12.3. The van der Waals surface area contributed by atoms with Gasteiger partial charge in [-0.05, 0) is 35.7 Å². The summed E-state index contributed by atoms with van der Waals surface area (Å²) in [6.45, 7) is 0. The van der Waals surface area contributed by atoms with E-state index in [0.29, 0.717) is 17.7 Å². The Morgan fingerprint density at radius 2 is 1.88 bits per heavy atom. The number of nitrogens with two attached hydrogens (primary N) is 2. The van der Waals surface area contributed by atoms with Crippen LogP contribution in [0.2, 0.25) is 0 Å². The Hall–Kier alpha value is -2.36. The second kappa shape index (κ2) is 4.65. The summed E-state index contributed by atoms with van der Waals surface area (Å²) in [6, 6.07) is 9.13. The molecule has 0 radical (unpaired) electrons. The number of nitrogens with zero attached hydrogens (tertiary/aromatic N) is 1. The fraction of sp³-hybridized carbons (Fsp3) is 0.0769. The highest BCUT2D eigenvalue weighted by atomic mass is 16.1. The first-order valence-corrected chi connectivity index (χ1v) is 5.24. The maximum Gasteiger partial charge on any atom is 0.250 e. The van der Waals surface area contributed by atoms with Crippen LogP contribution in [-0.2, 0) is 6.42 Å². The molecule has 0 aliphatic heterocycles. The van der Waals surface area contributed by atoms with E-state index in [2.05, 4.69) is 4.98 Å². The third kappa shape index (κ3) is 2.42. The fourth-order valence-corrected chi connectivity index (χ4v) is 1.70. The van der Waals surface area contributed by atoms with Crippen molar-refractivity contribution in [3.8, 4) is 0 Å². The Kier molecular flexibility index (Phi) is 3.05. The topological polar surface area (TPSA) is 82.0 Å². The minimum Gasteiger partial charge on any atom is -0.398 e. The summed E-state index contributed by atoms with van der Waals surface area (Å²) in [5.41, 5.74) is 14.0. The molecule has 0 spiro atoms. The van der Waals surface area contributed by atoms with Crippen molar-refractivity contribution in [3.63, 3.8) is 0 Å². The first-order valence-electron chi connectivity index (χ1n) is 5.24. The molecule has 1 aromatic carbocycles. The number of primary amides is 1. The summed E-state index contributed by atoms with van der Waals surface area (Å²) >= 11 is 0. The molecule has 4 nitrogen and oxygen atoms in total. The van der Waals surface area contributed by atoms with Gasteiger partial charge < -0.3 is 11.5 Å². The van der Waals surface area contributed by atoms with E-state index in [0.717, 1.165) is 11.1 Å². The highest BCUT2D eigenvalue weighted by Gasteiger charge is 2.09. The van der Waals surface area contributed by atoms with Crippen LogP contribution < -0.4 is 11.5 Å². The number of carbonyl (C=O) groups excluding carboxylic acids is 1. The lowest BCUT2D eigenvalue weighted by molar-refractivity contribution is 0.100. The van der Waals surface area contributed by atoms with Gasteiger partial charge in [0.15, 0.2) is 0 Å². The number of carbonyl (C=O) groups is 1. The normalized spacial score (nSPS) is 10.1. The molecular weight excluding hydrogens is 214 g/mol. The van der Waals surface area contributed by atoms with Crippen molar-refractivity contribution in [1.82, 2.24) is 4.98 Å². The number of anilines is 1. The minimum atomic E-state index is -0.501. The molecule has 0 saturated heterocycles. The minimum absolute atomic E-state index is 0.372. The van der Waals surface area contributed by atoms with Crippen LogP contribution in [0.15, 0.2) is 42.7 Å². The molecule has 2 aromatic rings. The largest absolute Gasteiger partial charge is 0.398 e. The summed E-state index contributed by atoms with van der Waals surface area (Å²) < 4.78 is 0. The Balaban J connectivity index is 2.34. The van der Waals surface area contributed by atoms with Crippen LogP contribution in [0.1, 0.15) is 21.5 Å². The maximum absolute atomic E-state index is 11.2. The predicted molar refractivity (Wildman–Crippen MR) is 66.4 cm³/mol. The SMILES string of the molecule is NC(=O)c1cccc(Cc2ccncc2)c1N. The van der Waals surface area contributed by atoms with Crippen molar-refractivity contribution in [2.24, 2.45) is 5.73 Å². The van der Waals surface area contributed by atoms with Crippen molar-refractivity contribution in [1.29, 1.82) is 0 Å². The Labute approximate surface area is 99.3 Å². The number of benzene rings is 1. The highest BCUT2D eigenvalue weighted by molar-refractivity contribution is 5.98. The van der Waals surface area contributed by atoms with Gasteiger partial charge in [0.05, 0.1) is 5.56 Å². The first-order chi connectivity index (χ1) is 8.18. The lowest BCUT2D eigenvalue weighted by Gasteiger charge is -2.08. The Morgan fingerprint density at radius 1 is 1.18 bits per heavy atom. The molecule has 0 bridgehead atoms. The van der Waals surface area contributed by atoms with Gasteiger partial charge in [-0.3, -0.25) is 9.78 Å². The number of hydrogen-bond acceptors (Lipinski definition) is 3. The second-order valence-corrected chi connectivity index (χ2v) is 3.77.